The fraction of sp³-hybridized carbons (Fsp3) is 0.318. The van der Waals surface area contributed by atoms with Crippen LogP contribution >= 0.6 is 0 Å². The second-order valence-corrected chi connectivity index (χ2v) is 6.80. The molecule has 3 aromatic rings. The van der Waals surface area contributed by atoms with Gasteiger partial charge in [0.1, 0.15) is 5.75 Å². The number of hydrogen-bond donors (Lipinski definition) is 0. The van der Waals surface area contributed by atoms with Crippen LogP contribution in [0.2, 0.25) is 0 Å². The third kappa shape index (κ3) is 3.38. The van der Waals surface area contributed by atoms with E-state index in [2.05, 4.69) is 22.2 Å². The topological polar surface area (TPSA) is 60.2 Å². The van der Waals surface area contributed by atoms with Gasteiger partial charge in [0.2, 0.25) is 0 Å². The minimum absolute atomic E-state index is 0.0199. The van der Waals surface area contributed by atoms with Gasteiger partial charge < -0.3 is 9.64 Å². The van der Waals surface area contributed by atoms with Crippen LogP contribution in [0, 0.1) is 0 Å². The van der Waals surface area contributed by atoms with E-state index in [1.165, 1.54) is 5.56 Å². The van der Waals surface area contributed by atoms with Crippen molar-refractivity contribution >= 4 is 5.91 Å². The number of carbonyl (C=O) groups is 1. The third-order valence-corrected chi connectivity index (χ3v) is 5.09. The minimum atomic E-state index is 0.0199. The average Bonchev–Trinajstić information content (AvgIpc) is 3.17. The van der Waals surface area contributed by atoms with Crippen molar-refractivity contribution in [2.45, 2.75) is 33.2 Å². The normalized spacial score (nSPS) is 13.3. The zero-order valence-electron chi connectivity index (χ0n) is 16.3. The van der Waals surface area contributed by atoms with Crippen molar-refractivity contribution in [3.05, 3.63) is 71.2 Å². The summed E-state index contributed by atoms with van der Waals surface area (Å²) in [5, 5.41) is 4.44. The van der Waals surface area contributed by atoms with E-state index in [4.69, 9.17) is 4.74 Å². The molecule has 1 aliphatic rings. The number of hydrogen-bond acceptors (Lipinski definition) is 4. The molecular weight excluding hydrogens is 352 g/mol. The van der Waals surface area contributed by atoms with Gasteiger partial charge >= 0.3 is 0 Å². The largest absolute Gasteiger partial charge is 0.494 e. The van der Waals surface area contributed by atoms with E-state index in [0.717, 1.165) is 29.2 Å². The first-order valence-corrected chi connectivity index (χ1v) is 9.73. The Morgan fingerprint density at radius 2 is 2.07 bits per heavy atom. The van der Waals surface area contributed by atoms with Crippen molar-refractivity contribution in [2.24, 2.45) is 0 Å². The molecular formula is C22H24N4O2. The number of carbonyl (C=O) groups excluding carboxylic acids is 1. The molecule has 0 atom stereocenters. The summed E-state index contributed by atoms with van der Waals surface area (Å²) in [4.78, 5) is 19.5. The molecule has 0 saturated heterocycles. The summed E-state index contributed by atoms with van der Waals surface area (Å²) >= 11 is 0. The van der Waals surface area contributed by atoms with Gasteiger partial charge in [-0.15, -0.1) is 0 Å². The van der Waals surface area contributed by atoms with Crippen LogP contribution in [0.25, 0.3) is 5.82 Å². The Morgan fingerprint density at radius 1 is 1.18 bits per heavy atom. The van der Waals surface area contributed by atoms with E-state index in [-0.39, 0.29) is 5.91 Å². The van der Waals surface area contributed by atoms with Crippen molar-refractivity contribution in [1.82, 2.24) is 19.7 Å². The van der Waals surface area contributed by atoms with Crippen molar-refractivity contribution in [3.8, 4) is 11.6 Å². The molecule has 6 heteroatoms. The molecule has 6 nitrogen and oxygen atoms in total. The molecule has 144 valence electrons. The van der Waals surface area contributed by atoms with Gasteiger partial charge in [0.25, 0.3) is 5.91 Å². The molecule has 0 radical (unpaired) electrons. The van der Waals surface area contributed by atoms with Crippen LogP contribution in [0.1, 0.15) is 41.0 Å². The Hall–Kier alpha value is -3.15. The Bertz CT molecular complexity index is 981. The zero-order valence-corrected chi connectivity index (χ0v) is 16.3. The maximum atomic E-state index is 13.3. The Kier molecular flexibility index (Phi) is 5.10. The van der Waals surface area contributed by atoms with E-state index >= 15 is 0 Å². The minimum Gasteiger partial charge on any atom is -0.494 e. The maximum absolute atomic E-state index is 13.3. The van der Waals surface area contributed by atoms with Crippen LogP contribution in [0.4, 0.5) is 0 Å². The second-order valence-electron chi connectivity index (χ2n) is 6.80. The standard InChI is InChI=1S/C22H24N4O2/c1-3-20-19(14-24-26(20)21-7-5-6-11-23-21)22(27)25-12-10-16-8-9-18(28-4-2)13-17(16)15-25/h5-9,11,13-14H,3-4,10,12,15H2,1-2H3. The maximum Gasteiger partial charge on any atom is 0.257 e. The summed E-state index contributed by atoms with van der Waals surface area (Å²) in [5.74, 6) is 1.60. The SMILES string of the molecule is CCOc1ccc2c(c1)CN(C(=O)c1cnn(-c3ccccn3)c1CC)CC2. The lowest BCUT2D eigenvalue weighted by molar-refractivity contribution is 0.0733. The van der Waals surface area contributed by atoms with Gasteiger partial charge in [-0.1, -0.05) is 19.1 Å². The molecule has 3 heterocycles. The number of nitrogens with zero attached hydrogens (tertiary/aromatic N) is 4. The summed E-state index contributed by atoms with van der Waals surface area (Å²) < 4.78 is 7.38. The molecule has 0 unspecified atom stereocenters. The number of aromatic nitrogens is 3. The first-order valence-electron chi connectivity index (χ1n) is 9.73. The summed E-state index contributed by atoms with van der Waals surface area (Å²) in [6.07, 6.45) is 4.96. The highest BCUT2D eigenvalue weighted by atomic mass is 16.5. The molecule has 0 fully saturated rings. The number of benzene rings is 1. The number of amides is 1. The molecule has 28 heavy (non-hydrogen) atoms. The molecule has 2 aromatic heterocycles. The van der Waals surface area contributed by atoms with Crippen molar-refractivity contribution in [1.29, 1.82) is 0 Å². The zero-order chi connectivity index (χ0) is 19.5. The fourth-order valence-electron chi connectivity index (χ4n) is 3.70. The second kappa shape index (κ2) is 7.84. The van der Waals surface area contributed by atoms with E-state index in [9.17, 15) is 4.79 Å². The summed E-state index contributed by atoms with van der Waals surface area (Å²) in [6.45, 7) is 5.94. The van der Waals surface area contributed by atoms with Gasteiger partial charge in [-0.2, -0.15) is 5.10 Å². The number of fused-ring (bicyclic) bond motifs is 1. The molecule has 4 rings (SSSR count). The fourth-order valence-corrected chi connectivity index (χ4v) is 3.70. The number of rotatable bonds is 5. The van der Waals surface area contributed by atoms with Crippen LogP contribution in [-0.4, -0.2) is 38.7 Å². The van der Waals surface area contributed by atoms with Gasteiger partial charge in [0.15, 0.2) is 5.82 Å². The lowest BCUT2D eigenvalue weighted by Crippen LogP contribution is -2.36. The summed E-state index contributed by atoms with van der Waals surface area (Å²) in [5.41, 5.74) is 3.98. The highest BCUT2D eigenvalue weighted by molar-refractivity contribution is 5.95. The molecule has 0 saturated carbocycles. The quantitative estimate of drug-likeness (QED) is 0.685. The Balaban J connectivity index is 1.60. The van der Waals surface area contributed by atoms with Crippen molar-refractivity contribution in [2.75, 3.05) is 13.2 Å². The van der Waals surface area contributed by atoms with E-state index in [1.807, 2.05) is 43.0 Å². The number of ether oxygens (including phenoxy) is 1. The average molecular weight is 376 g/mol. The first-order chi connectivity index (χ1) is 13.7. The molecule has 0 aliphatic carbocycles. The molecule has 0 bridgehead atoms. The number of pyridine rings is 1. The van der Waals surface area contributed by atoms with Crippen LogP contribution in [0.15, 0.2) is 48.8 Å². The van der Waals surface area contributed by atoms with Crippen LogP contribution in [-0.2, 0) is 19.4 Å². The molecule has 0 spiro atoms. The molecule has 1 aromatic carbocycles. The molecule has 1 aliphatic heterocycles. The van der Waals surface area contributed by atoms with E-state index in [0.29, 0.717) is 31.7 Å². The van der Waals surface area contributed by atoms with Gasteiger partial charge in [0.05, 0.1) is 24.1 Å². The lowest BCUT2D eigenvalue weighted by Gasteiger charge is -2.29. The smallest absolute Gasteiger partial charge is 0.257 e. The Morgan fingerprint density at radius 3 is 2.82 bits per heavy atom. The van der Waals surface area contributed by atoms with E-state index < -0.39 is 0 Å². The molecule has 0 N–H and O–H groups in total. The van der Waals surface area contributed by atoms with Gasteiger partial charge in [-0.3, -0.25) is 4.79 Å². The van der Waals surface area contributed by atoms with Crippen molar-refractivity contribution < 1.29 is 9.53 Å². The van der Waals surface area contributed by atoms with Crippen LogP contribution < -0.4 is 4.74 Å². The molecule has 1 amide bonds. The highest BCUT2D eigenvalue weighted by Gasteiger charge is 2.26. The summed E-state index contributed by atoms with van der Waals surface area (Å²) in [6, 6.07) is 11.8. The lowest BCUT2D eigenvalue weighted by atomic mass is 9.98. The summed E-state index contributed by atoms with van der Waals surface area (Å²) in [7, 11) is 0. The van der Waals surface area contributed by atoms with E-state index in [1.54, 1.807) is 17.1 Å². The monoisotopic (exact) mass is 376 g/mol. The van der Waals surface area contributed by atoms with Crippen LogP contribution in [0.3, 0.4) is 0 Å². The Labute approximate surface area is 164 Å². The third-order valence-electron chi connectivity index (χ3n) is 5.09. The highest BCUT2D eigenvalue weighted by Crippen LogP contribution is 2.26. The predicted molar refractivity (Wildman–Crippen MR) is 107 cm³/mol. The van der Waals surface area contributed by atoms with Gasteiger partial charge in [-0.25, -0.2) is 9.67 Å². The van der Waals surface area contributed by atoms with Gasteiger partial charge in [-0.05, 0) is 55.2 Å². The van der Waals surface area contributed by atoms with Gasteiger partial charge in [0, 0.05) is 19.3 Å². The first kappa shape index (κ1) is 18.2. The van der Waals surface area contributed by atoms with Crippen molar-refractivity contribution in [3.63, 3.8) is 0 Å². The van der Waals surface area contributed by atoms with Crippen LogP contribution in [0.5, 0.6) is 5.75 Å². The predicted octanol–water partition coefficient (Wildman–Crippen LogP) is 3.43.